The van der Waals surface area contributed by atoms with Crippen LogP contribution in [-0.4, -0.2) is 11.1 Å². The maximum atomic E-state index is 11.4. The maximum Gasteiger partial charge on any atom is 0.446 e. The summed E-state index contributed by atoms with van der Waals surface area (Å²) in [5.41, 5.74) is 2.10. The lowest BCUT2D eigenvalue weighted by atomic mass is 10.3. The number of pyridine rings is 1. The van der Waals surface area contributed by atoms with E-state index in [4.69, 9.17) is 21.2 Å². The summed E-state index contributed by atoms with van der Waals surface area (Å²) >= 11 is 8.96. The number of carbonyl (C=O) groups excluding carboxylic acids is 1. The summed E-state index contributed by atoms with van der Waals surface area (Å²) in [4.78, 5) is 20.3. The molecule has 1 aromatic carbocycles. The summed E-state index contributed by atoms with van der Waals surface area (Å²) in [5.74, 6) is 0.549. The number of halogens is 2. The highest BCUT2D eigenvalue weighted by Crippen LogP contribution is 2.20. The summed E-state index contributed by atoms with van der Waals surface area (Å²) < 4.78 is 5.44. The van der Waals surface area contributed by atoms with Crippen molar-refractivity contribution in [1.29, 1.82) is 0 Å². The van der Waals surface area contributed by atoms with Crippen molar-refractivity contribution in [3.8, 4) is 11.6 Å². The van der Waals surface area contributed by atoms with E-state index in [1.54, 1.807) is 30.3 Å². The monoisotopic (exact) mass is 342 g/mol. The quantitative estimate of drug-likeness (QED) is 0.683. The van der Waals surface area contributed by atoms with Crippen molar-refractivity contribution in [2.45, 2.75) is 0 Å². The molecule has 0 aliphatic heterocycles. The number of aromatic nitrogens is 1. The number of para-hydroxylation sites is 1. The maximum absolute atomic E-state index is 11.4. The summed E-state index contributed by atoms with van der Waals surface area (Å²) in [7, 11) is 0. The SMILES string of the molecule is O=C(NOc1cc(Cl)cc(Br)n1)Oc1ccccc1. The van der Waals surface area contributed by atoms with E-state index in [1.165, 1.54) is 6.07 Å². The summed E-state index contributed by atoms with van der Waals surface area (Å²) in [5, 5.41) is 0.426. The highest BCUT2D eigenvalue weighted by atomic mass is 79.9. The lowest BCUT2D eigenvalue weighted by Crippen LogP contribution is -2.30. The summed E-state index contributed by atoms with van der Waals surface area (Å²) in [6.07, 6.45) is -0.760. The number of hydrogen-bond acceptors (Lipinski definition) is 4. The molecule has 2 rings (SSSR count). The van der Waals surface area contributed by atoms with Crippen molar-refractivity contribution in [3.63, 3.8) is 0 Å². The van der Waals surface area contributed by atoms with Crippen LogP contribution in [-0.2, 0) is 0 Å². The minimum absolute atomic E-state index is 0.143. The van der Waals surface area contributed by atoms with Gasteiger partial charge >= 0.3 is 6.09 Å². The van der Waals surface area contributed by atoms with E-state index >= 15 is 0 Å². The average molecular weight is 344 g/mol. The second kappa shape index (κ2) is 6.40. The van der Waals surface area contributed by atoms with Crippen molar-refractivity contribution in [2.75, 3.05) is 0 Å². The molecule has 2 aromatic rings. The number of carbonyl (C=O) groups is 1. The number of ether oxygens (including phenoxy) is 1. The molecule has 1 aromatic heterocycles. The van der Waals surface area contributed by atoms with Gasteiger partial charge in [-0.2, -0.15) is 5.48 Å². The van der Waals surface area contributed by atoms with Gasteiger partial charge in [0.05, 0.1) is 0 Å². The molecule has 0 aliphatic carbocycles. The molecule has 1 heterocycles. The normalized spacial score (nSPS) is 9.79. The number of rotatable bonds is 3. The fraction of sp³-hybridized carbons (Fsp3) is 0. The van der Waals surface area contributed by atoms with E-state index in [-0.39, 0.29) is 5.88 Å². The fourth-order valence-corrected chi connectivity index (χ4v) is 1.96. The van der Waals surface area contributed by atoms with Gasteiger partial charge in [-0.1, -0.05) is 29.8 Å². The predicted molar refractivity (Wildman–Crippen MR) is 73.2 cm³/mol. The molecule has 19 heavy (non-hydrogen) atoms. The van der Waals surface area contributed by atoms with Gasteiger partial charge in [0.1, 0.15) is 10.4 Å². The number of nitrogens with one attached hydrogen (secondary N) is 1. The smallest absolute Gasteiger partial charge is 0.408 e. The van der Waals surface area contributed by atoms with Crippen LogP contribution in [0.3, 0.4) is 0 Å². The van der Waals surface area contributed by atoms with Gasteiger partial charge in [-0.25, -0.2) is 9.78 Å². The molecule has 7 heteroatoms. The van der Waals surface area contributed by atoms with Gasteiger partial charge in [-0.15, -0.1) is 0 Å². The Bertz CT molecular complexity index is 560. The zero-order valence-electron chi connectivity index (χ0n) is 9.47. The zero-order chi connectivity index (χ0) is 13.7. The molecule has 98 valence electrons. The van der Waals surface area contributed by atoms with Crippen LogP contribution in [0.25, 0.3) is 0 Å². The molecular weight excluding hydrogens is 336 g/mol. The lowest BCUT2D eigenvalue weighted by Gasteiger charge is -2.07. The largest absolute Gasteiger partial charge is 0.446 e. The first kappa shape index (κ1) is 13.6. The van der Waals surface area contributed by atoms with Crippen LogP contribution in [0, 0.1) is 0 Å². The molecule has 0 atom stereocenters. The van der Waals surface area contributed by atoms with Crippen molar-refractivity contribution in [3.05, 3.63) is 52.1 Å². The van der Waals surface area contributed by atoms with Gasteiger partial charge in [0.25, 0.3) is 0 Å². The Morgan fingerprint density at radius 3 is 2.68 bits per heavy atom. The van der Waals surface area contributed by atoms with Crippen molar-refractivity contribution in [1.82, 2.24) is 10.5 Å². The first-order chi connectivity index (χ1) is 9.13. The van der Waals surface area contributed by atoms with E-state index in [0.29, 0.717) is 15.4 Å². The van der Waals surface area contributed by atoms with Crippen molar-refractivity contribution >= 4 is 33.6 Å². The number of hydrogen-bond donors (Lipinski definition) is 1. The van der Waals surface area contributed by atoms with Gasteiger partial charge in [0.2, 0.25) is 5.88 Å². The van der Waals surface area contributed by atoms with Gasteiger partial charge in [0, 0.05) is 11.1 Å². The molecule has 1 N–H and O–H groups in total. The van der Waals surface area contributed by atoms with Crippen LogP contribution in [0.15, 0.2) is 47.1 Å². The number of benzene rings is 1. The van der Waals surface area contributed by atoms with Crippen molar-refractivity contribution < 1.29 is 14.4 Å². The molecule has 0 aliphatic rings. The molecule has 5 nitrogen and oxygen atoms in total. The minimum Gasteiger partial charge on any atom is -0.408 e. The number of nitrogens with zero attached hydrogens (tertiary/aromatic N) is 1. The third kappa shape index (κ3) is 4.42. The topological polar surface area (TPSA) is 60.5 Å². The molecule has 0 radical (unpaired) electrons. The van der Waals surface area contributed by atoms with Crippen LogP contribution in [0.4, 0.5) is 4.79 Å². The number of amides is 1. The Morgan fingerprint density at radius 1 is 1.26 bits per heavy atom. The molecule has 0 fully saturated rings. The molecule has 0 spiro atoms. The van der Waals surface area contributed by atoms with Crippen LogP contribution in [0.5, 0.6) is 11.6 Å². The standard InChI is InChI=1S/C12H8BrClN2O3/c13-10-6-8(14)7-11(15-10)19-16-12(17)18-9-4-2-1-3-5-9/h1-7H,(H,16,17). The van der Waals surface area contributed by atoms with E-state index < -0.39 is 6.09 Å². The van der Waals surface area contributed by atoms with Crippen LogP contribution in [0.2, 0.25) is 5.02 Å². The molecular formula is C12H8BrClN2O3. The van der Waals surface area contributed by atoms with Crippen LogP contribution >= 0.6 is 27.5 Å². The van der Waals surface area contributed by atoms with Gasteiger partial charge in [-0.3, -0.25) is 0 Å². The Labute approximate surface area is 122 Å². The third-order valence-corrected chi connectivity index (χ3v) is 2.55. The molecule has 0 unspecified atom stereocenters. The first-order valence-electron chi connectivity index (χ1n) is 5.16. The predicted octanol–water partition coefficient (Wildman–Crippen LogP) is 3.58. The summed E-state index contributed by atoms with van der Waals surface area (Å²) in [6, 6.07) is 11.7. The first-order valence-corrected chi connectivity index (χ1v) is 6.33. The molecule has 0 saturated carbocycles. The van der Waals surface area contributed by atoms with E-state index in [2.05, 4.69) is 26.4 Å². The van der Waals surface area contributed by atoms with Gasteiger partial charge < -0.3 is 9.57 Å². The minimum atomic E-state index is -0.760. The Kier molecular flexibility index (Phi) is 4.59. The highest BCUT2D eigenvalue weighted by Gasteiger charge is 2.06. The van der Waals surface area contributed by atoms with Crippen LogP contribution in [0.1, 0.15) is 0 Å². The van der Waals surface area contributed by atoms with E-state index in [0.717, 1.165) is 0 Å². The lowest BCUT2D eigenvalue weighted by molar-refractivity contribution is 0.138. The van der Waals surface area contributed by atoms with E-state index in [1.807, 2.05) is 6.07 Å². The Balaban J connectivity index is 1.90. The molecule has 1 amide bonds. The average Bonchev–Trinajstić information content (AvgIpc) is 2.36. The zero-order valence-corrected chi connectivity index (χ0v) is 11.8. The van der Waals surface area contributed by atoms with Gasteiger partial charge in [0.15, 0.2) is 0 Å². The fourth-order valence-electron chi connectivity index (χ4n) is 1.21. The van der Waals surface area contributed by atoms with Crippen LogP contribution < -0.4 is 15.1 Å². The van der Waals surface area contributed by atoms with Gasteiger partial charge in [-0.05, 0) is 34.1 Å². The second-order valence-corrected chi connectivity index (χ2v) is 4.60. The molecule has 0 bridgehead atoms. The summed E-state index contributed by atoms with van der Waals surface area (Å²) in [6.45, 7) is 0. The third-order valence-electron chi connectivity index (χ3n) is 1.93. The highest BCUT2D eigenvalue weighted by molar-refractivity contribution is 9.10. The Morgan fingerprint density at radius 2 is 2.00 bits per heavy atom. The Hall–Kier alpha value is -1.79. The van der Waals surface area contributed by atoms with Crippen molar-refractivity contribution in [2.24, 2.45) is 0 Å². The number of hydroxylamine groups is 1. The molecule has 0 saturated heterocycles. The van der Waals surface area contributed by atoms with E-state index in [9.17, 15) is 4.79 Å². The second-order valence-electron chi connectivity index (χ2n) is 3.35.